The molecule has 0 atom stereocenters. The molecule has 144 valence electrons. The summed E-state index contributed by atoms with van der Waals surface area (Å²) in [6, 6.07) is 13.1. The third kappa shape index (κ3) is 3.39. The molecule has 0 saturated heterocycles. The molecule has 4 rings (SSSR count). The van der Waals surface area contributed by atoms with Crippen molar-refractivity contribution in [3.63, 3.8) is 0 Å². The number of benzene rings is 1. The third-order valence-electron chi connectivity index (χ3n) is 5.57. The lowest BCUT2D eigenvalue weighted by Gasteiger charge is -2.30. The smallest absolute Gasteiger partial charge is 0.153 e. The van der Waals surface area contributed by atoms with Gasteiger partial charge < -0.3 is 9.47 Å². The van der Waals surface area contributed by atoms with Crippen LogP contribution in [0.25, 0.3) is 10.9 Å². The molecule has 0 fully saturated rings. The number of rotatable bonds is 5. The molecule has 0 bridgehead atoms. The van der Waals surface area contributed by atoms with E-state index in [1.54, 1.807) is 0 Å². The Bertz CT molecular complexity index is 1040. The van der Waals surface area contributed by atoms with Crippen LogP contribution in [0, 0.1) is 18.3 Å². The molecule has 1 aromatic carbocycles. The highest BCUT2D eigenvalue weighted by molar-refractivity contribution is 5.94. The number of nitriles is 1. The monoisotopic (exact) mass is 392 g/mol. The van der Waals surface area contributed by atoms with Crippen molar-refractivity contribution in [1.82, 2.24) is 9.55 Å². The first-order valence-corrected chi connectivity index (χ1v) is 9.50. The van der Waals surface area contributed by atoms with Gasteiger partial charge in [-0.25, -0.2) is 4.98 Å². The molecule has 0 N–H and O–H groups in total. The lowest BCUT2D eigenvalue weighted by Crippen LogP contribution is -2.31. The number of aromatic nitrogens is 2. The van der Waals surface area contributed by atoms with E-state index in [9.17, 15) is 0 Å². The van der Waals surface area contributed by atoms with Crippen LogP contribution in [0.4, 0.5) is 5.82 Å². The first kappa shape index (κ1) is 20.0. The largest absolute Gasteiger partial charge is 0.350 e. The molecule has 0 radical (unpaired) electrons. The molecule has 0 aliphatic carbocycles. The topological polar surface area (TPSA) is 44.9 Å². The number of allylic oxidation sites excluding steroid dienone is 1. The Morgan fingerprint density at radius 2 is 2.04 bits per heavy atom. The fourth-order valence-corrected chi connectivity index (χ4v) is 4.24. The van der Waals surface area contributed by atoms with Crippen molar-refractivity contribution in [1.29, 1.82) is 5.26 Å². The molecule has 0 amide bonds. The fraction of sp³-hybridized carbons (Fsp3) is 0.304. The number of fused-ring (bicyclic) bond motifs is 2. The summed E-state index contributed by atoms with van der Waals surface area (Å²) in [6.45, 7) is 8.68. The van der Waals surface area contributed by atoms with Gasteiger partial charge in [0.2, 0.25) is 0 Å². The zero-order valence-corrected chi connectivity index (χ0v) is 17.0. The average molecular weight is 393 g/mol. The van der Waals surface area contributed by atoms with Crippen molar-refractivity contribution in [2.75, 3.05) is 11.4 Å². The van der Waals surface area contributed by atoms with Gasteiger partial charge in [0.1, 0.15) is 0 Å². The van der Waals surface area contributed by atoms with Crippen LogP contribution >= 0.6 is 12.4 Å². The fourth-order valence-electron chi connectivity index (χ4n) is 4.24. The summed E-state index contributed by atoms with van der Waals surface area (Å²) in [5.41, 5.74) is 6.46. The lowest BCUT2D eigenvalue weighted by molar-refractivity contribution is 0.718. The van der Waals surface area contributed by atoms with Crippen LogP contribution in [0.2, 0.25) is 0 Å². The summed E-state index contributed by atoms with van der Waals surface area (Å²) in [4.78, 5) is 7.17. The second kappa shape index (κ2) is 8.50. The quantitative estimate of drug-likeness (QED) is 0.576. The van der Waals surface area contributed by atoms with Gasteiger partial charge in [-0.1, -0.05) is 30.3 Å². The molecular weight excluding hydrogens is 368 g/mol. The predicted octanol–water partition coefficient (Wildman–Crippen LogP) is 4.97. The van der Waals surface area contributed by atoms with Gasteiger partial charge in [-0.05, 0) is 42.5 Å². The number of nitrogens with zero attached hydrogens (tertiary/aromatic N) is 4. The Morgan fingerprint density at radius 1 is 1.25 bits per heavy atom. The minimum Gasteiger partial charge on any atom is -0.350 e. The highest BCUT2D eigenvalue weighted by atomic mass is 35.5. The van der Waals surface area contributed by atoms with E-state index in [0.29, 0.717) is 6.42 Å². The zero-order chi connectivity index (χ0) is 18.8. The Kier molecular flexibility index (Phi) is 6.06. The number of aryl methyl sites for hydroxylation is 1. The molecule has 2 aromatic heterocycles. The van der Waals surface area contributed by atoms with E-state index in [2.05, 4.69) is 59.4 Å². The Labute approximate surface area is 172 Å². The first-order valence-electron chi connectivity index (χ1n) is 9.50. The summed E-state index contributed by atoms with van der Waals surface area (Å²) in [7, 11) is 0. The molecule has 28 heavy (non-hydrogen) atoms. The maximum atomic E-state index is 9.06. The molecule has 3 heterocycles. The van der Waals surface area contributed by atoms with E-state index in [0.717, 1.165) is 38.3 Å². The molecule has 1 aliphatic heterocycles. The Balaban J connectivity index is 0.00000225. The van der Waals surface area contributed by atoms with Gasteiger partial charge in [-0.2, -0.15) is 5.26 Å². The van der Waals surface area contributed by atoms with Gasteiger partial charge in [-0.15, -0.1) is 19.0 Å². The van der Waals surface area contributed by atoms with E-state index in [1.807, 2.05) is 12.3 Å². The summed E-state index contributed by atoms with van der Waals surface area (Å²) < 4.78 is 2.30. The SMILES string of the molecule is C=CCn1c(C)c(CCC#N)c2ccnc(N3CCc4ccccc4C3)c21.Cl. The normalized spacial score (nSPS) is 12.9. The first-order chi connectivity index (χ1) is 13.2. The summed E-state index contributed by atoms with van der Waals surface area (Å²) >= 11 is 0. The molecule has 3 aromatic rings. The van der Waals surface area contributed by atoms with Crippen LogP contribution in [0.15, 0.2) is 49.2 Å². The number of halogens is 1. The second-order valence-corrected chi connectivity index (χ2v) is 7.09. The molecule has 5 heteroatoms. The van der Waals surface area contributed by atoms with Crippen molar-refractivity contribution in [3.05, 3.63) is 71.6 Å². The van der Waals surface area contributed by atoms with Crippen molar-refractivity contribution in [2.45, 2.75) is 39.3 Å². The van der Waals surface area contributed by atoms with Crippen molar-refractivity contribution >= 4 is 29.1 Å². The van der Waals surface area contributed by atoms with Gasteiger partial charge in [0.05, 0.1) is 11.6 Å². The Hall–Kier alpha value is -2.77. The van der Waals surface area contributed by atoms with E-state index in [-0.39, 0.29) is 12.4 Å². The van der Waals surface area contributed by atoms with Crippen molar-refractivity contribution < 1.29 is 0 Å². The molecule has 0 spiro atoms. The summed E-state index contributed by atoms with van der Waals surface area (Å²) in [5.74, 6) is 1.04. The van der Waals surface area contributed by atoms with Crippen LogP contribution in [0.1, 0.15) is 28.8 Å². The van der Waals surface area contributed by atoms with Gasteiger partial charge >= 0.3 is 0 Å². The highest BCUT2D eigenvalue weighted by Crippen LogP contribution is 2.34. The highest BCUT2D eigenvalue weighted by Gasteiger charge is 2.23. The summed E-state index contributed by atoms with van der Waals surface area (Å²) in [6.07, 6.45) is 6.18. The third-order valence-corrected chi connectivity index (χ3v) is 5.57. The van der Waals surface area contributed by atoms with Gasteiger partial charge in [0.15, 0.2) is 5.82 Å². The predicted molar refractivity (Wildman–Crippen MR) is 117 cm³/mol. The Morgan fingerprint density at radius 3 is 2.79 bits per heavy atom. The molecule has 0 saturated carbocycles. The maximum Gasteiger partial charge on any atom is 0.153 e. The average Bonchev–Trinajstić information content (AvgIpc) is 2.97. The van der Waals surface area contributed by atoms with Crippen molar-refractivity contribution in [3.8, 4) is 6.07 Å². The van der Waals surface area contributed by atoms with Crippen LogP contribution in [0.3, 0.4) is 0 Å². The van der Waals surface area contributed by atoms with E-state index in [4.69, 9.17) is 10.2 Å². The minimum absolute atomic E-state index is 0. The number of anilines is 1. The number of pyridine rings is 1. The zero-order valence-electron chi connectivity index (χ0n) is 16.2. The van der Waals surface area contributed by atoms with Crippen LogP contribution in [-0.4, -0.2) is 16.1 Å². The van der Waals surface area contributed by atoms with Gasteiger partial charge in [0, 0.05) is 43.3 Å². The molecular formula is C23H25ClN4. The standard InChI is InChI=1S/C23H24N4.ClH/c1-3-14-27-17(2)20(9-6-12-24)21-10-13-25-23(22(21)27)26-15-11-18-7-4-5-8-19(18)16-26;/h3-5,7-8,10,13H,1,6,9,11,14-16H2,2H3;1H. The number of hydrogen-bond donors (Lipinski definition) is 0. The lowest BCUT2D eigenvalue weighted by atomic mass is 10.00. The van der Waals surface area contributed by atoms with E-state index in [1.165, 1.54) is 33.3 Å². The van der Waals surface area contributed by atoms with Crippen LogP contribution < -0.4 is 4.90 Å². The van der Waals surface area contributed by atoms with Gasteiger partial charge in [0.25, 0.3) is 0 Å². The maximum absolute atomic E-state index is 9.06. The van der Waals surface area contributed by atoms with Gasteiger partial charge in [-0.3, -0.25) is 0 Å². The van der Waals surface area contributed by atoms with E-state index < -0.39 is 0 Å². The minimum atomic E-state index is 0. The van der Waals surface area contributed by atoms with Crippen LogP contribution in [-0.2, 0) is 25.9 Å². The number of hydrogen-bond acceptors (Lipinski definition) is 3. The molecule has 4 nitrogen and oxygen atoms in total. The van der Waals surface area contributed by atoms with Crippen molar-refractivity contribution in [2.24, 2.45) is 0 Å². The van der Waals surface area contributed by atoms with Crippen LogP contribution in [0.5, 0.6) is 0 Å². The summed E-state index contributed by atoms with van der Waals surface area (Å²) in [5, 5.41) is 10.3. The van der Waals surface area contributed by atoms with E-state index >= 15 is 0 Å². The molecule has 1 aliphatic rings. The second-order valence-electron chi connectivity index (χ2n) is 7.09. The molecule has 0 unspecified atom stereocenters.